The molecule has 26 heavy (non-hydrogen) atoms. The van der Waals surface area contributed by atoms with E-state index in [-0.39, 0.29) is 5.56 Å². The molecule has 7 nitrogen and oxygen atoms in total. The normalized spacial score (nSPS) is 19.0. The average molecular weight is 351 g/mol. The van der Waals surface area contributed by atoms with Gasteiger partial charge < -0.3 is 5.11 Å². The Morgan fingerprint density at radius 2 is 2.19 bits per heavy atom. The minimum Gasteiger partial charge on any atom is -0.384 e. The molecule has 0 saturated carbocycles. The van der Waals surface area contributed by atoms with Crippen LogP contribution in [-0.4, -0.2) is 29.4 Å². The topological polar surface area (TPSA) is 85.8 Å². The minimum atomic E-state index is -0.914. The monoisotopic (exact) mass is 351 g/mol. The van der Waals surface area contributed by atoms with E-state index in [0.29, 0.717) is 47.8 Å². The summed E-state index contributed by atoms with van der Waals surface area (Å²) in [5, 5.41) is 11.3. The van der Waals surface area contributed by atoms with Crippen LogP contribution in [0.15, 0.2) is 35.8 Å². The van der Waals surface area contributed by atoms with Crippen molar-refractivity contribution in [3.05, 3.63) is 58.4 Å². The van der Waals surface area contributed by atoms with E-state index in [1.54, 1.807) is 28.6 Å². The zero-order chi connectivity index (χ0) is 18.5. The summed E-state index contributed by atoms with van der Waals surface area (Å²) in [4.78, 5) is 26.1. The summed E-state index contributed by atoms with van der Waals surface area (Å²) in [5.41, 5.74) is 1.16. The summed E-state index contributed by atoms with van der Waals surface area (Å²) < 4.78 is 3.24. The summed E-state index contributed by atoms with van der Waals surface area (Å²) >= 11 is 0. The van der Waals surface area contributed by atoms with Crippen molar-refractivity contribution in [2.24, 2.45) is 0 Å². The van der Waals surface area contributed by atoms with E-state index in [4.69, 9.17) is 4.98 Å². The minimum absolute atomic E-state index is 0.187. The molecule has 3 aromatic rings. The number of fused-ring (bicyclic) bond motifs is 2. The fourth-order valence-corrected chi connectivity index (χ4v) is 3.64. The van der Waals surface area contributed by atoms with E-state index in [1.807, 2.05) is 19.1 Å². The first-order chi connectivity index (χ1) is 12.5. The molecule has 0 aliphatic heterocycles. The molecule has 0 spiro atoms. The third kappa shape index (κ3) is 2.31. The molecule has 1 atom stereocenters. The molecule has 134 valence electrons. The third-order valence-electron chi connectivity index (χ3n) is 5.11. The molecule has 0 unspecified atom stereocenters. The predicted molar refractivity (Wildman–Crippen MR) is 98.4 cm³/mol. The lowest BCUT2D eigenvalue weighted by atomic mass is 9.98. The highest BCUT2D eigenvalue weighted by Crippen LogP contribution is 2.38. The Labute approximate surface area is 150 Å². The van der Waals surface area contributed by atoms with Crippen LogP contribution in [0.5, 0.6) is 0 Å². The van der Waals surface area contributed by atoms with Gasteiger partial charge in [-0.3, -0.25) is 4.79 Å². The highest BCUT2D eigenvalue weighted by Gasteiger charge is 2.37. The van der Waals surface area contributed by atoms with E-state index >= 15 is 0 Å². The zero-order valence-electron chi connectivity index (χ0n) is 14.9. The average Bonchev–Trinajstić information content (AvgIpc) is 3.11. The summed E-state index contributed by atoms with van der Waals surface area (Å²) in [6, 6.07) is 3.85. The third-order valence-corrected chi connectivity index (χ3v) is 5.11. The smallest absolute Gasteiger partial charge is 0.278 e. The van der Waals surface area contributed by atoms with Crippen molar-refractivity contribution < 1.29 is 5.11 Å². The van der Waals surface area contributed by atoms with Crippen LogP contribution in [0.25, 0.3) is 16.9 Å². The lowest BCUT2D eigenvalue weighted by molar-refractivity contribution is 0.0306. The van der Waals surface area contributed by atoms with Crippen LogP contribution >= 0.6 is 0 Å². The van der Waals surface area contributed by atoms with Gasteiger partial charge in [0.2, 0.25) is 0 Å². The van der Waals surface area contributed by atoms with Gasteiger partial charge in [-0.15, -0.1) is 6.58 Å². The number of aromatic nitrogens is 5. The van der Waals surface area contributed by atoms with Crippen molar-refractivity contribution >= 4 is 11.0 Å². The van der Waals surface area contributed by atoms with Crippen molar-refractivity contribution in [2.75, 3.05) is 0 Å². The number of hydrogen-bond acceptors (Lipinski definition) is 5. The molecule has 1 aliphatic carbocycles. The van der Waals surface area contributed by atoms with Gasteiger partial charge in [0.25, 0.3) is 5.56 Å². The van der Waals surface area contributed by atoms with Gasteiger partial charge >= 0.3 is 0 Å². The van der Waals surface area contributed by atoms with E-state index in [9.17, 15) is 9.90 Å². The molecule has 0 saturated heterocycles. The van der Waals surface area contributed by atoms with E-state index in [0.717, 1.165) is 12.0 Å². The first kappa shape index (κ1) is 16.7. The fourth-order valence-electron chi connectivity index (χ4n) is 3.64. The summed E-state index contributed by atoms with van der Waals surface area (Å²) in [6.07, 6.45) is 5.28. The maximum Gasteiger partial charge on any atom is 0.278 e. The second kappa shape index (κ2) is 5.88. The zero-order valence-corrected chi connectivity index (χ0v) is 14.9. The second-order valence-corrected chi connectivity index (χ2v) is 6.70. The van der Waals surface area contributed by atoms with Crippen molar-refractivity contribution in [3.63, 3.8) is 0 Å². The van der Waals surface area contributed by atoms with E-state index < -0.39 is 5.60 Å². The van der Waals surface area contributed by atoms with Gasteiger partial charge in [-0.05, 0) is 37.8 Å². The quantitative estimate of drug-likeness (QED) is 0.727. The largest absolute Gasteiger partial charge is 0.384 e. The van der Waals surface area contributed by atoms with Crippen molar-refractivity contribution in [2.45, 2.75) is 45.3 Å². The Kier molecular flexibility index (Phi) is 3.77. The molecule has 0 aromatic carbocycles. The van der Waals surface area contributed by atoms with Crippen LogP contribution in [0.1, 0.15) is 36.8 Å². The Morgan fingerprint density at radius 3 is 2.92 bits per heavy atom. The van der Waals surface area contributed by atoms with Gasteiger partial charge in [0.1, 0.15) is 16.8 Å². The highest BCUT2D eigenvalue weighted by molar-refractivity contribution is 5.75. The molecule has 3 aromatic heterocycles. The van der Waals surface area contributed by atoms with Gasteiger partial charge in [-0.2, -0.15) is 0 Å². The Hall–Kier alpha value is -2.80. The van der Waals surface area contributed by atoms with E-state index in [2.05, 4.69) is 16.5 Å². The maximum atomic E-state index is 12.8. The molecule has 0 amide bonds. The first-order valence-electron chi connectivity index (χ1n) is 8.77. The Morgan fingerprint density at radius 1 is 1.38 bits per heavy atom. The van der Waals surface area contributed by atoms with Crippen LogP contribution < -0.4 is 5.56 Å². The van der Waals surface area contributed by atoms with Crippen molar-refractivity contribution in [1.82, 2.24) is 24.3 Å². The molecule has 3 heterocycles. The van der Waals surface area contributed by atoms with Gasteiger partial charge in [-0.1, -0.05) is 19.1 Å². The summed E-state index contributed by atoms with van der Waals surface area (Å²) in [5.74, 6) is 1.14. The van der Waals surface area contributed by atoms with Gasteiger partial charge in [-0.25, -0.2) is 24.3 Å². The van der Waals surface area contributed by atoms with Gasteiger partial charge in [0.05, 0.1) is 12.2 Å². The number of hydrogen-bond donors (Lipinski definition) is 1. The molecule has 7 heteroatoms. The van der Waals surface area contributed by atoms with Crippen molar-refractivity contribution in [3.8, 4) is 5.82 Å². The number of pyridine rings is 1. The van der Waals surface area contributed by atoms with Gasteiger partial charge in [0, 0.05) is 6.20 Å². The van der Waals surface area contributed by atoms with Crippen LogP contribution in [0.3, 0.4) is 0 Å². The molecule has 0 fully saturated rings. The first-order valence-corrected chi connectivity index (χ1v) is 8.77. The summed E-state index contributed by atoms with van der Waals surface area (Å²) in [6.45, 7) is 7.81. The Bertz CT molecular complexity index is 1080. The second-order valence-electron chi connectivity index (χ2n) is 6.70. The van der Waals surface area contributed by atoms with Crippen LogP contribution in [0.4, 0.5) is 0 Å². The maximum absolute atomic E-state index is 12.8. The number of aliphatic hydroxyl groups is 1. The fraction of sp³-hybridized carbons (Fsp3) is 0.368. The number of aryl methyl sites for hydroxylation is 2. The predicted octanol–water partition coefficient (Wildman–Crippen LogP) is 2.02. The highest BCUT2D eigenvalue weighted by atomic mass is 16.3. The SMILES string of the molecule is C=CCn1c(=O)c2cnc(C)nc2n1-c1ccc2c(n1)[C@@](O)(CC)CC2. The van der Waals surface area contributed by atoms with Crippen LogP contribution in [0, 0.1) is 6.92 Å². The number of allylic oxidation sites excluding steroid dienone is 1. The molecule has 1 aliphatic rings. The van der Waals surface area contributed by atoms with Gasteiger partial charge in [0.15, 0.2) is 11.5 Å². The van der Waals surface area contributed by atoms with E-state index in [1.165, 1.54) is 0 Å². The van der Waals surface area contributed by atoms with Crippen molar-refractivity contribution in [1.29, 1.82) is 0 Å². The lowest BCUT2D eigenvalue weighted by Crippen LogP contribution is -2.25. The van der Waals surface area contributed by atoms with Crippen LogP contribution in [-0.2, 0) is 18.6 Å². The molecule has 0 bridgehead atoms. The number of nitrogens with zero attached hydrogens (tertiary/aromatic N) is 5. The summed E-state index contributed by atoms with van der Waals surface area (Å²) in [7, 11) is 0. The molecule has 1 N–H and O–H groups in total. The molecular weight excluding hydrogens is 330 g/mol. The molecule has 0 radical (unpaired) electrons. The molecular formula is C19H21N5O2. The molecule has 4 rings (SSSR count). The standard InChI is InChI=1S/C19H21N5O2/c1-4-10-23-18(25)14-11-20-12(3)21-17(14)24(23)15-7-6-13-8-9-19(26,5-2)16(13)22-15/h4,6-7,11,26H,1,5,8-10H2,2-3H3/t19-/m1/s1. The van der Waals surface area contributed by atoms with Crippen LogP contribution in [0.2, 0.25) is 0 Å². The number of rotatable bonds is 4. The lowest BCUT2D eigenvalue weighted by Gasteiger charge is -2.21. The Balaban J connectivity index is 2.02.